The number of nitrogens with one attached hydrogen (secondary N) is 1. The van der Waals surface area contributed by atoms with Crippen LogP contribution in [0.1, 0.15) is 33.1 Å². The molecule has 0 bridgehead atoms. The summed E-state index contributed by atoms with van der Waals surface area (Å²) in [5.41, 5.74) is -0.0471. The molecule has 2 saturated heterocycles. The summed E-state index contributed by atoms with van der Waals surface area (Å²) < 4.78 is 5.92. The highest BCUT2D eigenvalue weighted by atomic mass is 35.5. The lowest BCUT2D eigenvalue weighted by Gasteiger charge is -2.39. The lowest BCUT2D eigenvalue weighted by Crippen LogP contribution is -2.53. The van der Waals surface area contributed by atoms with Crippen LogP contribution in [0.15, 0.2) is 0 Å². The van der Waals surface area contributed by atoms with Gasteiger partial charge in [-0.15, -0.1) is 12.4 Å². The van der Waals surface area contributed by atoms with E-state index in [1.807, 2.05) is 0 Å². The molecule has 0 aromatic rings. The Kier molecular flexibility index (Phi) is 5.23. The molecule has 3 unspecified atom stereocenters. The number of ether oxygens (including phenoxy) is 1. The van der Waals surface area contributed by atoms with Crippen molar-refractivity contribution in [1.29, 1.82) is 0 Å². The van der Waals surface area contributed by atoms with Gasteiger partial charge < -0.3 is 4.74 Å². The highest BCUT2D eigenvalue weighted by molar-refractivity contribution is 8.00. The van der Waals surface area contributed by atoms with Gasteiger partial charge in [0.1, 0.15) is 5.72 Å². The summed E-state index contributed by atoms with van der Waals surface area (Å²) in [6.07, 6.45) is 3.94. The van der Waals surface area contributed by atoms with Gasteiger partial charge in [-0.1, -0.05) is 6.92 Å². The van der Waals surface area contributed by atoms with Gasteiger partial charge in [-0.05, 0) is 31.4 Å². The fraction of sp³-hybridized carbons (Fsp3) is 1.00. The maximum absolute atomic E-state index is 5.92. The monoisotopic (exact) mass is 251 g/mol. The van der Waals surface area contributed by atoms with Crippen LogP contribution < -0.4 is 5.32 Å². The molecule has 2 rings (SSSR count). The smallest absolute Gasteiger partial charge is 0.117 e. The van der Waals surface area contributed by atoms with Crippen molar-refractivity contribution >= 4 is 24.2 Å². The Morgan fingerprint density at radius 2 is 2.33 bits per heavy atom. The number of hydrogen-bond acceptors (Lipinski definition) is 3. The molecule has 0 aliphatic carbocycles. The van der Waals surface area contributed by atoms with E-state index in [1.54, 1.807) is 0 Å². The van der Waals surface area contributed by atoms with Crippen molar-refractivity contribution in [2.24, 2.45) is 5.92 Å². The molecule has 90 valence electrons. The minimum Gasteiger partial charge on any atom is -0.361 e. The zero-order chi connectivity index (χ0) is 10.0. The quantitative estimate of drug-likeness (QED) is 0.816. The van der Waals surface area contributed by atoms with E-state index in [4.69, 9.17) is 4.74 Å². The van der Waals surface area contributed by atoms with Crippen LogP contribution >= 0.6 is 24.2 Å². The van der Waals surface area contributed by atoms with Crippen molar-refractivity contribution in [2.75, 3.05) is 18.9 Å². The molecule has 2 aliphatic rings. The van der Waals surface area contributed by atoms with E-state index in [9.17, 15) is 0 Å². The summed E-state index contributed by atoms with van der Waals surface area (Å²) in [6.45, 7) is 6.46. The van der Waals surface area contributed by atoms with Gasteiger partial charge in [0.15, 0.2) is 0 Å². The summed E-state index contributed by atoms with van der Waals surface area (Å²) >= 11 is 2.12. The molecular formula is C11H22ClNOS. The molecule has 4 heteroatoms. The second-order valence-electron chi connectivity index (χ2n) is 4.87. The lowest BCUT2D eigenvalue weighted by molar-refractivity contribution is -0.105. The number of rotatable bonds is 2. The predicted molar refractivity (Wildman–Crippen MR) is 68.9 cm³/mol. The Hall–Kier alpha value is 0.560. The molecule has 3 atom stereocenters. The van der Waals surface area contributed by atoms with Gasteiger partial charge in [-0.25, -0.2) is 0 Å². The van der Waals surface area contributed by atoms with Crippen LogP contribution in [0.5, 0.6) is 0 Å². The van der Waals surface area contributed by atoms with Crippen molar-refractivity contribution < 1.29 is 4.74 Å². The second kappa shape index (κ2) is 5.76. The Morgan fingerprint density at radius 3 is 2.87 bits per heavy atom. The van der Waals surface area contributed by atoms with E-state index in [-0.39, 0.29) is 18.1 Å². The average molecular weight is 252 g/mol. The third-order valence-electron chi connectivity index (χ3n) is 3.15. The van der Waals surface area contributed by atoms with Crippen molar-refractivity contribution in [3.8, 4) is 0 Å². The first-order chi connectivity index (χ1) is 6.68. The summed E-state index contributed by atoms with van der Waals surface area (Å²) in [5.74, 6) is 2.01. The van der Waals surface area contributed by atoms with Gasteiger partial charge >= 0.3 is 0 Å². The minimum atomic E-state index is -0.0471. The standard InChI is InChI=1S/C11H21NOS.ClH/c1-9-7-12-11(2,13-8-9)6-10-4-3-5-14-10;/h9-10,12H,3-8H2,1-2H3;1H. The van der Waals surface area contributed by atoms with Crippen LogP contribution in [0.2, 0.25) is 0 Å². The number of hydrogen-bond donors (Lipinski definition) is 1. The van der Waals surface area contributed by atoms with Gasteiger partial charge in [0.25, 0.3) is 0 Å². The third kappa shape index (κ3) is 3.81. The normalized spacial score (nSPS) is 41.2. The number of thioether (sulfide) groups is 1. The van der Waals surface area contributed by atoms with E-state index < -0.39 is 0 Å². The van der Waals surface area contributed by atoms with Crippen molar-refractivity contribution in [2.45, 2.75) is 44.1 Å². The molecule has 15 heavy (non-hydrogen) atoms. The first-order valence-corrected chi connectivity index (χ1v) is 6.73. The Balaban J connectivity index is 0.00000112. The molecular weight excluding hydrogens is 230 g/mol. The van der Waals surface area contributed by atoms with Crippen molar-refractivity contribution in [3.05, 3.63) is 0 Å². The molecule has 0 radical (unpaired) electrons. The summed E-state index contributed by atoms with van der Waals surface area (Å²) in [7, 11) is 0. The molecule has 0 aromatic heterocycles. The SMILES string of the molecule is CC1CNC(C)(CC2CCCS2)OC1.Cl. The maximum atomic E-state index is 5.92. The molecule has 0 aromatic carbocycles. The van der Waals surface area contributed by atoms with E-state index >= 15 is 0 Å². The van der Waals surface area contributed by atoms with E-state index in [0.29, 0.717) is 5.92 Å². The molecule has 2 fully saturated rings. The third-order valence-corrected chi connectivity index (χ3v) is 4.55. The molecule has 1 N–H and O–H groups in total. The van der Waals surface area contributed by atoms with Gasteiger partial charge in [-0.2, -0.15) is 11.8 Å². The van der Waals surface area contributed by atoms with Crippen LogP contribution in [0.3, 0.4) is 0 Å². The van der Waals surface area contributed by atoms with Crippen LogP contribution in [-0.2, 0) is 4.74 Å². The Morgan fingerprint density at radius 1 is 1.53 bits per heavy atom. The van der Waals surface area contributed by atoms with Gasteiger partial charge in [0.2, 0.25) is 0 Å². The average Bonchev–Trinajstić information content (AvgIpc) is 2.63. The fourth-order valence-corrected chi connectivity index (χ4v) is 3.63. The highest BCUT2D eigenvalue weighted by Gasteiger charge is 2.33. The summed E-state index contributed by atoms with van der Waals surface area (Å²) in [5, 5.41) is 4.36. The molecule has 0 saturated carbocycles. The van der Waals surface area contributed by atoms with E-state index in [0.717, 1.165) is 18.4 Å². The largest absolute Gasteiger partial charge is 0.361 e. The fourth-order valence-electron chi connectivity index (χ4n) is 2.20. The Labute approximate surface area is 103 Å². The van der Waals surface area contributed by atoms with E-state index in [2.05, 4.69) is 30.9 Å². The molecule has 2 aliphatic heterocycles. The van der Waals surface area contributed by atoms with Gasteiger partial charge in [-0.3, -0.25) is 5.32 Å². The minimum absolute atomic E-state index is 0. The molecule has 0 spiro atoms. The van der Waals surface area contributed by atoms with E-state index in [1.165, 1.54) is 25.0 Å². The zero-order valence-corrected chi connectivity index (χ0v) is 11.3. The molecule has 0 amide bonds. The highest BCUT2D eigenvalue weighted by Crippen LogP contribution is 2.33. The summed E-state index contributed by atoms with van der Waals surface area (Å²) in [4.78, 5) is 0. The van der Waals surface area contributed by atoms with Crippen LogP contribution in [0.4, 0.5) is 0 Å². The van der Waals surface area contributed by atoms with Crippen LogP contribution in [-0.4, -0.2) is 29.9 Å². The van der Waals surface area contributed by atoms with Gasteiger partial charge in [0.05, 0.1) is 6.61 Å². The zero-order valence-electron chi connectivity index (χ0n) is 9.62. The summed E-state index contributed by atoms with van der Waals surface area (Å²) in [6, 6.07) is 0. The first-order valence-electron chi connectivity index (χ1n) is 5.68. The van der Waals surface area contributed by atoms with Gasteiger partial charge in [0, 0.05) is 18.2 Å². The van der Waals surface area contributed by atoms with Crippen LogP contribution in [0.25, 0.3) is 0 Å². The second-order valence-corrected chi connectivity index (χ2v) is 6.28. The number of halogens is 1. The molecule has 2 nitrogen and oxygen atoms in total. The topological polar surface area (TPSA) is 21.3 Å². The molecule has 2 heterocycles. The lowest BCUT2D eigenvalue weighted by atomic mass is 10.0. The Bertz CT molecular complexity index is 189. The van der Waals surface area contributed by atoms with Crippen LogP contribution in [0, 0.1) is 5.92 Å². The first kappa shape index (κ1) is 13.6. The predicted octanol–water partition coefficient (Wildman–Crippen LogP) is 2.67. The van der Waals surface area contributed by atoms with Crippen molar-refractivity contribution in [1.82, 2.24) is 5.32 Å². The van der Waals surface area contributed by atoms with Crippen molar-refractivity contribution in [3.63, 3.8) is 0 Å². The maximum Gasteiger partial charge on any atom is 0.117 e.